The van der Waals surface area contributed by atoms with E-state index in [0.717, 1.165) is 22.3 Å². The van der Waals surface area contributed by atoms with Gasteiger partial charge in [0.25, 0.3) is 0 Å². The second-order valence-electron chi connectivity index (χ2n) is 3.90. The van der Waals surface area contributed by atoms with Crippen LogP contribution in [0.15, 0.2) is 55.0 Å². The summed E-state index contributed by atoms with van der Waals surface area (Å²) in [5.41, 5.74) is 3.78. The zero-order valence-electron chi connectivity index (χ0n) is 9.69. The molecule has 0 amide bonds. The number of rotatable bonds is 2. The molecule has 0 bridgehead atoms. The summed E-state index contributed by atoms with van der Waals surface area (Å²) < 4.78 is 0. The highest BCUT2D eigenvalue weighted by atomic mass is 14.8. The van der Waals surface area contributed by atoms with E-state index in [1.807, 2.05) is 48.6 Å². The minimum Gasteiger partial charge on any atom is -0.265 e. The van der Waals surface area contributed by atoms with Crippen molar-refractivity contribution in [2.75, 3.05) is 0 Å². The van der Waals surface area contributed by atoms with E-state index in [1.54, 1.807) is 18.6 Å². The maximum absolute atomic E-state index is 4.53. The fourth-order valence-electron chi connectivity index (χ4n) is 1.71. The van der Waals surface area contributed by atoms with Gasteiger partial charge in [-0.3, -0.25) is 9.97 Å². The molecule has 86 valence electrons. The Morgan fingerprint density at radius 2 is 1.61 bits per heavy atom. The molecule has 3 nitrogen and oxygen atoms in total. The first kappa shape index (κ1) is 10.6. The Bertz CT molecular complexity index is 690. The quantitative estimate of drug-likeness (QED) is 0.682. The molecule has 2 heterocycles. The van der Waals surface area contributed by atoms with E-state index < -0.39 is 0 Å². The summed E-state index contributed by atoms with van der Waals surface area (Å²) in [7, 11) is 0. The van der Waals surface area contributed by atoms with Crippen molar-refractivity contribution in [3.05, 3.63) is 66.2 Å². The average molecular weight is 233 g/mol. The van der Waals surface area contributed by atoms with Gasteiger partial charge < -0.3 is 0 Å². The third-order valence-electron chi connectivity index (χ3n) is 2.62. The molecule has 0 unspecified atom stereocenters. The first-order valence-electron chi connectivity index (χ1n) is 5.72. The zero-order chi connectivity index (χ0) is 12.2. The number of benzene rings is 1. The Balaban J connectivity index is 1.93. The largest absolute Gasteiger partial charge is 0.265 e. The fourth-order valence-corrected chi connectivity index (χ4v) is 1.71. The summed E-state index contributed by atoms with van der Waals surface area (Å²) in [6.07, 6.45) is 9.27. The van der Waals surface area contributed by atoms with Gasteiger partial charge in [-0.05, 0) is 35.9 Å². The second kappa shape index (κ2) is 4.75. The van der Waals surface area contributed by atoms with Crippen molar-refractivity contribution < 1.29 is 0 Å². The van der Waals surface area contributed by atoms with Crippen LogP contribution in [-0.4, -0.2) is 15.0 Å². The van der Waals surface area contributed by atoms with Gasteiger partial charge in [0.05, 0.1) is 22.9 Å². The average Bonchev–Trinajstić information content (AvgIpc) is 2.46. The van der Waals surface area contributed by atoms with Crippen molar-refractivity contribution in [3.8, 4) is 0 Å². The van der Waals surface area contributed by atoms with Crippen LogP contribution >= 0.6 is 0 Å². The van der Waals surface area contributed by atoms with Gasteiger partial charge in [0.2, 0.25) is 0 Å². The van der Waals surface area contributed by atoms with Gasteiger partial charge in [-0.15, -0.1) is 0 Å². The van der Waals surface area contributed by atoms with Crippen molar-refractivity contribution in [2.45, 2.75) is 0 Å². The molecular formula is C15H11N3. The predicted octanol–water partition coefficient (Wildman–Crippen LogP) is 3.20. The Hall–Kier alpha value is -2.55. The van der Waals surface area contributed by atoms with Crippen LogP contribution in [0, 0.1) is 0 Å². The van der Waals surface area contributed by atoms with Gasteiger partial charge in [0.15, 0.2) is 0 Å². The molecule has 0 spiro atoms. The van der Waals surface area contributed by atoms with Crippen molar-refractivity contribution in [1.82, 2.24) is 15.0 Å². The molecule has 18 heavy (non-hydrogen) atoms. The number of fused-ring (bicyclic) bond motifs is 1. The Labute approximate surface area is 105 Å². The molecule has 0 atom stereocenters. The van der Waals surface area contributed by atoms with E-state index in [-0.39, 0.29) is 0 Å². The molecule has 3 aromatic rings. The Kier molecular flexibility index (Phi) is 2.80. The summed E-state index contributed by atoms with van der Waals surface area (Å²) in [4.78, 5) is 12.9. The first-order chi connectivity index (χ1) is 8.92. The van der Waals surface area contributed by atoms with Gasteiger partial charge in [-0.25, -0.2) is 4.98 Å². The summed E-state index contributed by atoms with van der Waals surface area (Å²) in [5.74, 6) is 0. The normalized spacial score (nSPS) is 11.1. The van der Waals surface area contributed by atoms with Gasteiger partial charge in [0.1, 0.15) is 0 Å². The van der Waals surface area contributed by atoms with E-state index in [9.17, 15) is 0 Å². The van der Waals surface area contributed by atoms with Crippen LogP contribution < -0.4 is 0 Å². The Morgan fingerprint density at radius 1 is 0.833 bits per heavy atom. The van der Waals surface area contributed by atoms with Crippen LogP contribution in [0.4, 0.5) is 0 Å². The number of pyridine rings is 1. The van der Waals surface area contributed by atoms with Crippen molar-refractivity contribution in [3.63, 3.8) is 0 Å². The summed E-state index contributed by atoms with van der Waals surface area (Å²) in [5, 5.41) is 0. The smallest absolute Gasteiger partial charge is 0.0894 e. The molecule has 0 aliphatic rings. The van der Waals surface area contributed by atoms with Crippen LogP contribution in [0.2, 0.25) is 0 Å². The lowest BCUT2D eigenvalue weighted by atomic mass is 10.2. The maximum atomic E-state index is 4.53. The number of aromatic nitrogens is 3. The maximum Gasteiger partial charge on any atom is 0.0894 e. The standard InChI is InChI=1S/C15H11N3/c1-2-4-15-14(3-1)17-11-13(18-15)6-5-12-7-9-16-10-8-12/h1-11H/b6-5+. The van der Waals surface area contributed by atoms with E-state index in [0.29, 0.717) is 0 Å². The van der Waals surface area contributed by atoms with Crippen molar-refractivity contribution in [2.24, 2.45) is 0 Å². The highest BCUT2D eigenvalue weighted by molar-refractivity contribution is 5.76. The lowest BCUT2D eigenvalue weighted by Gasteiger charge is -1.97. The monoisotopic (exact) mass is 233 g/mol. The highest BCUT2D eigenvalue weighted by Gasteiger charge is 1.95. The lowest BCUT2D eigenvalue weighted by molar-refractivity contribution is 1.27. The number of hydrogen-bond acceptors (Lipinski definition) is 3. The molecule has 0 radical (unpaired) electrons. The predicted molar refractivity (Wildman–Crippen MR) is 72.7 cm³/mol. The number of hydrogen-bond donors (Lipinski definition) is 0. The highest BCUT2D eigenvalue weighted by Crippen LogP contribution is 2.10. The van der Waals surface area contributed by atoms with E-state index >= 15 is 0 Å². The van der Waals surface area contributed by atoms with E-state index in [1.165, 1.54) is 0 Å². The van der Waals surface area contributed by atoms with Crippen LogP contribution in [0.5, 0.6) is 0 Å². The van der Waals surface area contributed by atoms with Gasteiger partial charge in [-0.1, -0.05) is 18.2 Å². The number of para-hydroxylation sites is 2. The summed E-state index contributed by atoms with van der Waals surface area (Å²) in [6, 6.07) is 11.7. The molecule has 0 saturated carbocycles. The second-order valence-corrected chi connectivity index (χ2v) is 3.90. The lowest BCUT2D eigenvalue weighted by Crippen LogP contribution is -1.86. The third-order valence-corrected chi connectivity index (χ3v) is 2.62. The molecule has 0 fully saturated rings. The molecule has 3 heteroatoms. The molecule has 2 aromatic heterocycles. The van der Waals surface area contributed by atoms with Crippen LogP contribution in [0.1, 0.15) is 11.3 Å². The SMILES string of the molecule is C(=C\c1cnc2ccccc2n1)/c1ccncc1. The van der Waals surface area contributed by atoms with E-state index in [4.69, 9.17) is 0 Å². The molecular weight excluding hydrogens is 222 g/mol. The van der Waals surface area contributed by atoms with Gasteiger partial charge in [0, 0.05) is 12.4 Å². The van der Waals surface area contributed by atoms with Crippen LogP contribution in [-0.2, 0) is 0 Å². The zero-order valence-corrected chi connectivity index (χ0v) is 9.69. The Morgan fingerprint density at radius 3 is 2.44 bits per heavy atom. The summed E-state index contributed by atoms with van der Waals surface area (Å²) >= 11 is 0. The van der Waals surface area contributed by atoms with E-state index in [2.05, 4.69) is 15.0 Å². The third kappa shape index (κ3) is 2.25. The minimum atomic E-state index is 0.852. The van der Waals surface area contributed by atoms with Gasteiger partial charge >= 0.3 is 0 Å². The van der Waals surface area contributed by atoms with Crippen molar-refractivity contribution in [1.29, 1.82) is 0 Å². The molecule has 1 aromatic carbocycles. The first-order valence-corrected chi connectivity index (χ1v) is 5.72. The molecule has 0 aliphatic heterocycles. The fraction of sp³-hybridized carbons (Fsp3) is 0. The molecule has 0 N–H and O–H groups in total. The molecule has 0 saturated heterocycles. The van der Waals surface area contributed by atoms with Crippen LogP contribution in [0.3, 0.4) is 0 Å². The molecule has 0 aliphatic carbocycles. The minimum absolute atomic E-state index is 0.852. The number of nitrogens with zero attached hydrogens (tertiary/aromatic N) is 3. The van der Waals surface area contributed by atoms with Gasteiger partial charge in [-0.2, -0.15) is 0 Å². The summed E-state index contributed by atoms with van der Waals surface area (Å²) in [6.45, 7) is 0. The van der Waals surface area contributed by atoms with Crippen LogP contribution in [0.25, 0.3) is 23.2 Å². The molecule has 3 rings (SSSR count). The van der Waals surface area contributed by atoms with Crippen molar-refractivity contribution >= 4 is 23.2 Å². The topological polar surface area (TPSA) is 38.7 Å².